The summed E-state index contributed by atoms with van der Waals surface area (Å²) in [4.78, 5) is 41.0. The number of rotatable bonds is 7. The van der Waals surface area contributed by atoms with Crippen LogP contribution in [0.1, 0.15) is 34.3 Å². The van der Waals surface area contributed by atoms with Gasteiger partial charge in [-0.25, -0.2) is 0 Å². The van der Waals surface area contributed by atoms with Crippen molar-refractivity contribution in [2.24, 2.45) is 0 Å². The van der Waals surface area contributed by atoms with Crippen LogP contribution in [0.4, 0.5) is 11.4 Å². The molecule has 7 heteroatoms. The van der Waals surface area contributed by atoms with Gasteiger partial charge in [0.25, 0.3) is 5.91 Å². The molecule has 3 amide bonds. The van der Waals surface area contributed by atoms with Crippen LogP contribution >= 0.6 is 0 Å². The second kappa shape index (κ2) is 10.1. The number of carbonyl (C=O) groups is 3. The summed E-state index contributed by atoms with van der Waals surface area (Å²) in [6.07, 6.45) is 2.04. The fourth-order valence-electron chi connectivity index (χ4n) is 3.62. The molecule has 0 unspecified atom stereocenters. The summed E-state index contributed by atoms with van der Waals surface area (Å²) in [5.74, 6) is -0.503. The molecule has 0 spiro atoms. The standard InChI is InChI=1S/C24H30N4O3/c1-17-9-11-19(12-10-17)26-21(29)16-27(3)22(30)15-25-20-8-6-7-18(2)23(20)24(31)28-13-4-5-14-28/h6-12,25H,4-5,13-16H2,1-3H3,(H,26,29). The van der Waals surface area contributed by atoms with Gasteiger partial charge in [-0.15, -0.1) is 0 Å². The molecule has 1 saturated heterocycles. The normalized spacial score (nSPS) is 13.1. The monoisotopic (exact) mass is 422 g/mol. The van der Waals surface area contributed by atoms with Crippen LogP contribution in [0.15, 0.2) is 42.5 Å². The molecule has 2 aromatic rings. The number of aryl methyl sites for hydroxylation is 2. The van der Waals surface area contributed by atoms with E-state index in [9.17, 15) is 14.4 Å². The first-order valence-electron chi connectivity index (χ1n) is 10.6. The van der Waals surface area contributed by atoms with Crippen molar-refractivity contribution >= 4 is 29.1 Å². The van der Waals surface area contributed by atoms with Crippen molar-refractivity contribution in [2.75, 3.05) is 43.9 Å². The molecule has 1 fully saturated rings. The maximum absolute atomic E-state index is 12.9. The van der Waals surface area contributed by atoms with E-state index in [0.717, 1.165) is 37.1 Å². The SMILES string of the molecule is Cc1ccc(NC(=O)CN(C)C(=O)CNc2cccc(C)c2C(=O)N2CCCC2)cc1. The molecule has 0 atom stereocenters. The van der Waals surface area contributed by atoms with Crippen molar-refractivity contribution in [3.05, 3.63) is 59.2 Å². The summed E-state index contributed by atoms with van der Waals surface area (Å²) in [6.45, 7) is 5.36. The fourth-order valence-corrected chi connectivity index (χ4v) is 3.62. The number of nitrogens with zero attached hydrogens (tertiary/aromatic N) is 2. The lowest BCUT2D eigenvalue weighted by molar-refractivity contribution is -0.131. The van der Waals surface area contributed by atoms with Crippen LogP contribution in [0.25, 0.3) is 0 Å². The number of hydrogen-bond acceptors (Lipinski definition) is 4. The van der Waals surface area contributed by atoms with Crippen molar-refractivity contribution in [2.45, 2.75) is 26.7 Å². The van der Waals surface area contributed by atoms with E-state index in [-0.39, 0.29) is 30.8 Å². The number of carbonyl (C=O) groups excluding carboxylic acids is 3. The molecule has 7 nitrogen and oxygen atoms in total. The number of nitrogens with one attached hydrogen (secondary N) is 2. The van der Waals surface area contributed by atoms with Crippen molar-refractivity contribution in [1.82, 2.24) is 9.80 Å². The number of hydrogen-bond donors (Lipinski definition) is 2. The van der Waals surface area contributed by atoms with Crippen LogP contribution < -0.4 is 10.6 Å². The minimum Gasteiger partial charge on any atom is -0.375 e. The molecule has 1 aliphatic rings. The molecule has 3 rings (SSSR count). The zero-order valence-corrected chi connectivity index (χ0v) is 18.4. The van der Waals surface area contributed by atoms with Crippen LogP contribution in [-0.2, 0) is 9.59 Å². The Morgan fingerprint density at radius 1 is 1.00 bits per heavy atom. The number of likely N-dealkylation sites (N-methyl/N-ethyl adjacent to an activating group) is 1. The van der Waals surface area contributed by atoms with E-state index >= 15 is 0 Å². The Balaban J connectivity index is 1.57. The van der Waals surface area contributed by atoms with Gasteiger partial charge >= 0.3 is 0 Å². The van der Waals surface area contributed by atoms with Gasteiger partial charge in [-0.05, 0) is 50.5 Å². The number of amides is 3. The summed E-state index contributed by atoms with van der Waals surface area (Å²) in [5.41, 5.74) is 3.93. The van der Waals surface area contributed by atoms with Crippen molar-refractivity contribution < 1.29 is 14.4 Å². The third-order valence-electron chi connectivity index (χ3n) is 5.45. The van der Waals surface area contributed by atoms with Gasteiger partial charge in [0.1, 0.15) is 0 Å². The highest BCUT2D eigenvalue weighted by molar-refractivity contribution is 6.02. The molecular weight excluding hydrogens is 392 g/mol. The fraction of sp³-hybridized carbons (Fsp3) is 0.375. The predicted octanol–water partition coefficient (Wildman–Crippen LogP) is 3.05. The summed E-state index contributed by atoms with van der Waals surface area (Å²) in [5, 5.41) is 5.89. The van der Waals surface area contributed by atoms with Gasteiger partial charge < -0.3 is 20.4 Å². The van der Waals surface area contributed by atoms with Gasteiger partial charge in [0, 0.05) is 31.5 Å². The molecule has 0 radical (unpaired) electrons. The average Bonchev–Trinajstić information content (AvgIpc) is 3.28. The van der Waals surface area contributed by atoms with E-state index in [0.29, 0.717) is 16.9 Å². The van der Waals surface area contributed by atoms with Gasteiger partial charge in [-0.1, -0.05) is 29.8 Å². The molecule has 2 aromatic carbocycles. The Morgan fingerprint density at radius 2 is 1.68 bits per heavy atom. The Kier molecular flexibility index (Phi) is 7.28. The van der Waals surface area contributed by atoms with Gasteiger partial charge in [0.15, 0.2) is 0 Å². The van der Waals surface area contributed by atoms with Crippen LogP contribution in [0.2, 0.25) is 0 Å². The van der Waals surface area contributed by atoms with E-state index in [1.165, 1.54) is 4.90 Å². The summed E-state index contributed by atoms with van der Waals surface area (Å²) in [7, 11) is 1.59. The molecule has 0 aliphatic carbocycles. The number of likely N-dealkylation sites (tertiary alicyclic amines) is 1. The first-order chi connectivity index (χ1) is 14.8. The minimum absolute atomic E-state index is 0.00194. The highest BCUT2D eigenvalue weighted by Gasteiger charge is 2.24. The van der Waals surface area contributed by atoms with Gasteiger partial charge in [0.2, 0.25) is 11.8 Å². The molecule has 2 N–H and O–H groups in total. The lowest BCUT2D eigenvalue weighted by Crippen LogP contribution is -2.38. The third kappa shape index (κ3) is 5.84. The van der Waals surface area contributed by atoms with Crippen molar-refractivity contribution in [3.63, 3.8) is 0 Å². The molecule has 1 aliphatic heterocycles. The van der Waals surface area contributed by atoms with Crippen molar-refractivity contribution in [3.8, 4) is 0 Å². The Hall–Kier alpha value is -3.35. The molecule has 31 heavy (non-hydrogen) atoms. The largest absolute Gasteiger partial charge is 0.375 e. The topological polar surface area (TPSA) is 81.8 Å². The summed E-state index contributed by atoms with van der Waals surface area (Å²) < 4.78 is 0. The van der Waals surface area contributed by atoms with E-state index < -0.39 is 0 Å². The summed E-state index contributed by atoms with van der Waals surface area (Å²) >= 11 is 0. The Bertz CT molecular complexity index is 950. The lowest BCUT2D eigenvalue weighted by atomic mass is 10.0. The van der Waals surface area contributed by atoms with Crippen LogP contribution in [-0.4, -0.2) is 60.7 Å². The highest BCUT2D eigenvalue weighted by atomic mass is 16.2. The zero-order chi connectivity index (χ0) is 22.4. The van der Waals surface area contributed by atoms with E-state index in [1.54, 1.807) is 7.05 Å². The van der Waals surface area contributed by atoms with Crippen LogP contribution in [0.5, 0.6) is 0 Å². The quantitative estimate of drug-likeness (QED) is 0.719. The second-order valence-corrected chi connectivity index (χ2v) is 8.01. The van der Waals surface area contributed by atoms with Gasteiger partial charge in [-0.3, -0.25) is 14.4 Å². The molecule has 1 heterocycles. The molecular formula is C24H30N4O3. The molecule has 0 bridgehead atoms. The number of benzene rings is 2. The minimum atomic E-state index is -0.264. The maximum atomic E-state index is 12.9. The van der Waals surface area contributed by atoms with Gasteiger partial charge in [-0.2, -0.15) is 0 Å². The van der Waals surface area contributed by atoms with E-state index in [2.05, 4.69) is 10.6 Å². The average molecular weight is 423 g/mol. The molecule has 164 valence electrons. The second-order valence-electron chi connectivity index (χ2n) is 8.01. The molecule has 0 aromatic heterocycles. The third-order valence-corrected chi connectivity index (χ3v) is 5.45. The first-order valence-corrected chi connectivity index (χ1v) is 10.6. The van der Waals surface area contributed by atoms with E-state index in [1.807, 2.05) is 61.2 Å². The maximum Gasteiger partial charge on any atom is 0.256 e. The van der Waals surface area contributed by atoms with Gasteiger partial charge in [0.05, 0.1) is 18.7 Å². The van der Waals surface area contributed by atoms with Crippen LogP contribution in [0.3, 0.4) is 0 Å². The zero-order valence-electron chi connectivity index (χ0n) is 18.4. The summed E-state index contributed by atoms with van der Waals surface area (Å²) in [6, 6.07) is 13.1. The predicted molar refractivity (Wildman–Crippen MR) is 122 cm³/mol. The smallest absolute Gasteiger partial charge is 0.256 e. The first kappa shape index (κ1) is 22.3. The lowest BCUT2D eigenvalue weighted by Gasteiger charge is -2.21. The van der Waals surface area contributed by atoms with E-state index in [4.69, 9.17) is 0 Å². The highest BCUT2D eigenvalue weighted by Crippen LogP contribution is 2.23. The van der Waals surface area contributed by atoms with Crippen molar-refractivity contribution in [1.29, 1.82) is 0 Å². The number of anilines is 2. The Labute approximate surface area is 183 Å². The molecule has 0 saturated carbocycles. The Morgan fingerprint density at radius 3 is 2.35 bits per heavy atom. The van der Waals surface area contributed by atoms with Crippen LogP contribution in [0, 0.1) is 13.8 Å².